The van der Waals surface area contributed by atoms with Crippen molar-refractivity contribution in [1.29, 1.82) is 0 Å². The van der Waals surface area contributed by atoms with Crippen LogP contribution in [0.25, 0.3) is 0 Å². The zero-order chi connectivity index (χ0) is 13.5. The van der Waals surface area contributed by atoms with E-state index in [0.29, 0.717) is 0 Å². The Labute approximate surface area is 117 Å². The second-order valence-electron chi connectivity index (χ2n) is 5.76. The highest BCUT2D eigenvalue weighted by atomic mass is 15.1. The molecule has 1 saturated carbocycles. The van der Waals surface area contributed by atoms with Crippen LogP contribution < -0.4 is 5.32 Å². The Bertz CT molecular complexity index is 350. The maximum atomic E-state index is 4.08. The Morgan fingerprint density at radius 1 is 1.26 bits per heavy atom. The molecule has 0 aliphatic heterocycles. The van der Waals surface area contributed by atoms with Gasteiger partial charge in [0, 0.05) is 31.5 Å². The van der Waals surface area contributed by atoms with Gasteiger partial charge in [0.15, 0.2) is 0 Å². The molecule has 1 heterocycles. The number of pyridine rings is 1. The number of nitrogens with zero attached hydrogens (tertiary/aromatic N) is 2. The molecule has 106 valence electrons. The molecular formula is C16H27N3. The van der Waals surface area contributed by atoms with E-state index in [0.717, 1.165) is 25.0 Å². The van der Waals surface area contributed by atoms with Crippen LogP contribution >= 0.6 is 0 Å². The minimum Gasteiger partial charge on any atom is -0.314 e. The number of hydrogen-bond donors (Lipinski definition) is 1. The van der Waals surface area contributed by atoms with Gasteiger partial charge in [-0.3, -0.25) is 4.98 Å². The van der Waals surface area contributed by atoms with Gasteiger partial charge in [-0.15, -0.1) is 0 Å². The summed E-state index contributed by atoms with van der Waals surface area (Å²) in [6, 6.07) is 4.94. The predicted octanol–water partition coefficient (Wildman–Crippen LogP) is 2.68. The summed E-state index contributed by atoms with van der Waals surface area (Å²) in [5.74, 6) is 0.806. The topological polar surface area (TPSA) is 28.2 Å². The predicted molar refractivity (Wildman–Crippen MR) is 80.0 cm³/mol. The summed E-state index contributed by atoms with van der Waals surface area (Å²) in [5, 5.41) is 3.67. The summed E-state index contributed by atoms with van der Waals surface area (Å²) in [6.07, 6.45) is 9.27. The normalized spacial score (nSPS) is 23.7. The molecule has 0 bridgehead atoms. The van der Waals surface area contributed by atoms with Crippen molar-refractivity contribution in [3.05, 3.63) is 30.1 Å². The highest BCUT2D eigenvalue weighted by molar-refractivity contribution is 5.09. The molecule has 1 fully saturated rings. The van der Waals surface area contributed by atoms with Crippen LogP contribution in [0.3, 0.4) is 0 Å². The zero-order valence-corrected chi connectivity index (χ0v) is 12.3. The van der Waals surface area contributed by atoms with Crippen LogP contribution in [0.2, 0.25) is 0 Å². The summed E-state index contributed by atoms with van der Waals surface area (Å²) in [5.41, 5.74) is 1.35. The lowest BCUT2D eigenvalue weighted by Crippen LogP contribution is -2.43. The van der Waals surface area contributed by atoms with Crippen molar-refractivity contribution in [3.63, 3.8) is 0 Å². The molecule has 3 nitrogen and oxygen atoms in total. The minimum absolute atomic E-state index is 0.721. The maximum absolute atomic E-state index is 4.08. The van der Waals surface area contributed by atoms with Crippen molar-refractivity contribution in [2.45, 2.75) is 45.2 Å². The van der Waals surface area contributed by atoms with Gasteiger partial charge in [-0.25, -0.2) is 0 Å². The van der Waals surface area contributed by atoms with Crippen molar-refractivity contribution >= 4 is 0 Å². The molecule has 1 aliphatic carbocycles. The lowest BCUT2D eigenvalue weighted by molar-refractivity contribution is 0.186. The van der Waals surface area contributed by atoms with Crippen molar-refractivity contribution in [2.75, 3.05) is 20.1 Å². The Kier molecular flexibility index (Phi) is 5.80. The van der Waals surface area contributed by atoms with Crippen molar-refractivity contribution < 1.29 is 0 Å². The summed E-state index contributed by atoms with van der Waals surface area (Å²) in [4.78, 5) is 6.53. The second-order valence-corrected chi connectivity index (χ2v) is 5.76. The highest BCUT2D eigenvalue weighted by Gasteiger charge is 2.25. The summed E-state index contributed by atoms with van der Waals surface area (Å²) in [6.45, 7) is 5.53. The third-order valence-corrected chi connectivity index (χ3v) is 4.12. The zero-order valence-electron chi connectivity index (χ0n) is 12.3. The average Bonchev–Trinajstić information content (AvgIpc) is 2.42. The molecular weight excluding hydrogens is 234 g/mol. The molecule has 1 aromatic rings. The van der Waals surface area contributed by atoms with Gasteiger partial charge < -0.3 is 10.2 Å². The van der Waals surface area contributed by atoms with Crippen LogP contribution in [0.1, 0.15) is 38.2 Å². The van der Waals surface area contributed by atoms with E-state index in [4.69, 9.17) is 0 Å². The molecule has 1 aromatic heterocycles. The van der Waals surface area contributed by atoms with Gasteiger partial charge in [-0.1, -0.05) is 19.8 Å². The molecule has 0 spiro atoms. The standard InChI is InChI=1S/C16H27N3/c1-3-18-16-7-5-4-6-15(16)13-19(2)12-14-8-10-17-11-9-14/h8-11,15-16,18H,3-7,12-13H2,1-2H3. The lowest BCUT2D eigenvalue weighted by atomic mass is 9.84. The summed E-state index contributed by atoms with van der Waals surface area (Å²) >= 11 is 0. The average molecular weight is 261 g/mol. The van der Waals surface area contributed by atoms with Gasteiger partial charge in [0.2, 0.25) is 0 Å². The molecule has 0 aromatic carbocycles. The molecule has 2 unspecified atom stereocenters. The van der Waals surface area contributed by atoms with E-state index < -0.39 is 0 Å². The molecule has 0 radical (unpaired) electrons. The third kappa shape index (κ3) is 4.59. The molecule has 1 aliphatic rings. The van der Waals surface area contributed by atoms with Crippen LogP contribution in [-0.2, 0) is 6.54 Å². The van der Waals surface area contributed by atoms with Crippen LogP contribution in [-0.4, -0.2) is 36.1 Å². The molecule has 19 heavy (non-hydrogen) atoms. The molecule has 0 amide bonds. The lowest BCUT2D eigenvalue weighted by Gasteiger charge is -2.34. The second kappa shape index (κ2) is 7.61. The molecule has 1 N–H and O–H groups in total. The van der Waals surface area contributed by atoms with Gasteiger partial charge >= 0.3 is 0 Å². The van der Waals surface area contributed by atoms with Crippen LogP contribution in [0.4, 0.5) is 0 Å². The first-order valence-electron chi connectivity index (χ1n) is 7.60. The number of hydrogen-bond acceptors (Lipinski definition) is 3. The van der Waals surface area contributed by atoms with Crippen molar-refractivity contribution in [2.24, 2.45) is 5.92 Å². The summed E-state index contributed by atoms with van der Waals surface area (Å²) in [7, 11) is 2.23. The van der Waals surface area contributed by atoms with E-state index >= 15 is 0 Å². The number of nitrogens with one attached hydrogen (secondary N) is 1. The first-order chi connectivity index (χ1) is 9.29. The van der Waals surface area contributed by atoms with Crippen LogP contribution in [0.15, 0.2) is 24.5 Å². The highest BCUT2D eigenvalue weighted by Crippen LogP contribution is 2.25. The van der Waals surface area contributed by atoms with Gasteiger partial charge in [0.05, 0.1) is 0 Å². The fraction of sp³-hybridized carbons (Fsp3) is 0.688. The molecule has 2 rings (SSSR count). The van der Waals surface area contributed by atoms with Gasteiger partial charge in [-0.2, -0.15) is 0 Å². The van der Waals surface area contributed by atoms with E-state index in [1.54, 1.807) is 0 Å². The Morgan fingerprint density at radius 3 is 2.74 bits per heavy atom. The first kappa shape index (κ1) is 14.5. The quantitative estimate of drug-likeness (QED) is 0.853. The van der Waals surface area contributed by atoms with Crippen molar-refractivity contribution in [3.8, 4) is 0 Å². The maximum Gasteiger partial charge on any atom is 0.0271 e. The van der Waals surface area contributed by atoms with E-state index in [2.05, 4.69) is 41.3 Å². The van der Waals surface area contributed by atoms with E-state index in [1.165, 1.54) is 37.8 Å². The van der Waals surface area contributed by atoms with Gasteiger partial charge in [0.1, 0.15) is 0 Å². The van der Waals surface area contributed by atoms with Crippen LogP contribution in [0, 0.1) is 5.92 Å². The monoisotopic (exact) mass is 261 g/mol. The van der Waals surface area contributed by atoms with Crippen molar-refractivity contribution in [1.82, 2.24) is 15.2 Å². The molecule has 3 heteroatoms. The van der Waals surface area contributed by atoms with E-state index in [-0.39, 0.29) is 0 Å². The Hall–Kier alpha value is -0.930. The van der Waals surface area contributed by atoms with E-state index in [1.807, 2.05) is 12.4 Å². The fourth-order valence-corrected chi connectivity index (χ4v) is 3.22. The first-order valence-corrected chi connectivity index (χ1v) is 7.60. The largest absolute Gasteiger partial charge is 0.314 e. The minimum atomic E-state index is 0.721. The van der Waals surface area contributed by atoms with Crippen LogP contribution in [0.5, 0.6) is 0 Å². The summed E-state index contributed by atoms with van der Waals surface area (Å²) < 4.78 is 0. The smallest absolute Gasteiger partial charge is 0.0271 e. The SMILES string of the molecule is CCNC1CCCCC1CN(C)Cc1ccncc1. The van der Waals surface area contributed by atoms with E-state index in [9.17, 15) is 0 Å². The number of aromatic nitrogens is 1. The van der Waals surface area contributed by atoms with Gasteiger partial charge in [0.25, 0.3) is 0 Å². The Morgan fingerprint density at radius 2 is 2.00 bits per heavy atom. The Balaban J connectivity index is 1.84. The molecule has 2 atom stereocenters. The fourth-order valence-electron chi connectivity index (χ4n) is 3.22. The number of rotatable bonds is 6. The molecule has 0 saturated heterocycles. The van der Waals surface area contributed by atoms with Gasteiger partial charge in [-0.05, 0) is 50.0 Å². The third-order valence-electron chi connectivity index (χ3n) is 4.12.